The Balaban J connectivity index is 2.09. The van der Waals surface area contributed by atoms with Gasteiger partial charge < -0.3 is 15.1 Å². The number of allylic oxidation sites excluding steroid dienone is 4. The van der Waals surface area contributed by atoms with Crippen LogP contribution in [-0.2, 0) is 4.79 Å². The van der Waals surface area contributed by atoms with Crippen molar-refractivity contribution < 1.29 is 10.1 Å². The lowest BCUT2D eigenvalue weighted by molar-refractivity contribution is -0.556. The maximum Gasteiger partial charge on any atom is 0.222 e. The SMILES string of the molecule is C/C=C(\C=C/[NH2+]C)/C=C/c1ccccc1N1CCCN(C(=O)CCCS)CC1. The number of carbonyl (C=O) groups excluding carboxylic acids is 1. The molecule has 1 heterocycles. The highest BCUT2D eigenvalue weighted by atomic mass is 32.1. The zero-order valence-corrected chi connectivity index (χ0v) is 18.1. The smallest absolute Gasteiger partial charge is 0.222 e. The van der Waals surface area contributed by atoms with E-state index in [0.717, 1.165) is 44.8 Å². The van der Waals surface area contributed by atoms with Crippen LogP contribution in [0.15, 0.2) is 54.3 Å². The van der Waals surface area contributed by atoms with Gasteiger partial charge in [0.2, 0.25) is 5.91 Å². The van der Waals surface area contributed by atoms with Gasteiger partial charge in [0.15, 0.2) is 0 Å². The number of para-hydroxylation sites is 1. The Morgan fingerprint density at radius 1 is 1.18 bits per heavy atom. The van der Waals surface area contributed by atoms with E-state index in [1.807, 2.05) is 17.3 Å². The lowest BCUT2D eigenvalue weighted by atomic mass is 10.1. The maximum atomic E-state index is 12.4. The van der Waals surface area contributed by atoms with Crippen molar-refractivity contribution in [2.24, 2.45) is 0 Å². The van der Waals surface area contributed by atoms with Crippen LogP contribution < -0.4 is 10.2 Å². The van der Waals surface area contributed by atoms with E-state index in [-0.39, 0.29) is 5.91 Å². The normalized spacial score (nSPS) is 16.2. The number of quaternary nitrogens is 1. The summed E-state index contributed by atoms with van der Waals surface area (Å²) in [5, 5.41) is 2.03. The zero-order chi connectivity index (χ0) is 20.2. The molecule has 0 saturated carbocycles. The van der Waals surface area contributed by atoms with Crippen LogP contribution in [0.2, 0.25) is 0 Å². The summed E-state index contributed by atoms with van der Waals surface area (Å²) >= 11 is 4.22. The van der Waals surface area contributed by atoms with Crippen LogP contribution in [0.4, 0.5) is 5.69 Å². The molecule has 0 aromatic heterocycles. The van der Waals surface area contributed by atoms with E-state index in [4.69, 9.17) is 0 Å². The molecule has 0 atom stereocenters. The Morgan fingerprint density at radius 3 is 2.75 bits per heavy atom. The molecule has 5 heteroatoms. The van der Waals surface area contributed by atoms with E-state index in [0.29, 0.717) is 6.42 Å². The lowest BCUT2D eigenvalue weighted by Gasteiger charge is -2.25. The van der Waals surface area contributed by atoms with Crippen molar-refractivity contribution in [3.63, 3.8) is 0 Å². The van der Waals surface area contributed by atoms with Gasteiger partial charge in [-0.25, -0.2) is 0 Å². The Kier molecular flexibility index (Phi) is 9.94. The molecule has 1 aliphatic rings. The van der Waals surface area contributed by atoms with Crippen LogP contribution in [-0.4, -0.2) is 49.8 Å². The fraction of sp³-hybridized carbons (Fsp3) is 0.435. The molecule has 1 fully saturated rings. The van der Waals surface area contributed by atoms with Gasteiger partial charge in [0, 0.05) is 38.3 Å². The summed E-state index contributed by atoms with van der Waals surface area (Å²) in [6.45, 7) is 5.54. The van der Waals surface area contributed by atoms with Gasteiger partial charge in [0.05, 0.1) is 13.2 Å². The van der Waals surface area contributed by atoms with Crippen molar-refractivity contribution in [3.8, 4) is 0 Å². The molecular formula is C23H34N3OS+. The predicted molar refractivity (Wildman–Crippen MR) is 123 cm³/mol. The number of amides is 1. The summed E-state index contributed by atoms with van der Waals surface area (Å²) in [5.41, 5.74) is 3.64. The molecule has 28 heavy (non-hydrogen) atoms. The fourth-order valence-electron chi connectivity index (χ4n) is 3.35. The first kappa shape index (κ1) is 22.3. The van der Waals surface area contributed by atoms with Gasteiger partial charge in [-0.2, -0.15) is 12.6 Å². The van der Waals surface area contributed by atoms with E-state index in [9.17, 15) is 4.79 Å². The minimum absolute atomic E-state index is 0.265. The highest BCUT2D eigenvalue weighted by Crippen LogP contribution is 2.24. The first-order chi connectivity index (χ1) is 13.7. The number of benzene rings is 1. The van der Waals surface area contributed by atoms with Crippen molar-refractivity contribution in [3.05, 3.63) is 59.8 Å². The van der Waals surface area contributed by atoms with Crippen molar-refractivity contribution in [1.82, 2.24) is 4.90 Å². The number of nitrogens with zero attached hydrogens (tertiary/aromatic N) is 2. The van der Waals surface area contributed by atoms with E-state index in [2.05, 4.69) is 79.2 Å². The molecule has 0 aliphatic carbocycles. The second-order valence-electron chi connectivity index (χ2n) is 6.92. The number of hydrogen-bond acceptors (Lipinski definition) is 3. The highest BCUT2D eigenvalue weighted by molar-refractivity contribution is 7.80. The standard InChI is InChI=1S/C23H33N3OS/c1-3-20(13-14-24-2)11-12-21-8-4-5-9-22(21)25-15-7-16-26(18-17-25)23(27)10-6-19-28/h3-5,8-9,11-14,24,28H,6-7,10,15-19H2,1-2H3/p+1/b12-11+,14-13-,20-3-. The van der Waals surface area contributed by atoms with Gasteiger partial charge in [-0.1, -0.05) is 36.4 Å². The zero-order valence-electron chi connectivity index (χ0n) is 17.2. The van der Waals surface area contributed by atoms with Crippen LogP contribution in [0.5, 0.6) is 0 Å². The number of rotatable bonds is 8. The first-order valence-electron chi connectivity index (χ1n) is 10.2. The summed E-state index contributed by atoms with van der Waals surface area (Å²) in [5.74, 6) is 1.03. The minimum Gasteiger partial charge on any atom is -0.369 e. The summed E-state index contributed by atoms with van der Waals surface area (Å²) in [4.78, 5) is 16.8. The molecule has 0 bridgehead atoms. The highest BCUT2D eigenvalue weighted by Gasteiger charge is 2.19. The molecule has 2 N–H and O–H groups in total. The molecule has 0 unspecified atom stereocenters. The first-order valence-corrected chi connectivity index (χ1v) is 10.9. The lowest BCUT2D eigenvalue weighted by Crippen LogP contribution is -2.72. The Bertz CT molecular complexity index is 712. The largest absolute Gasteiger partial charge is 0.369 e. The van der Waals surface area contributed by atoms with Gasteiger partial charge in [0.1, 0.15) is 0 Å². The van der Waals surface area contributed by atoms with Gasteiger partial charge in [-0.05, 0) is 48.8 Å². The molecule has 0 radical (unpaired) electrons. The third-order valence-corrected chi connectivity index (χ3v) is 5.26. The van der Waals surface area contributed by atoms with E-state index in [1.165, 1.54) is 16.8 Å². The van der Waals surface area contributed by atoms with Crippen molar-refractivity contribution in [1.29, 1.82) is 0 Å². The van der Waals surface area contributed by atoms with Gasteiger partial charge in [0.25, 0.3) is 0 Å². The number of hydrogen-bond donors (Lipinski definition) is 2. The number of carbonyl (C=O) groups is 1. The monoisotopic (exact) mass is 400 g/mol. The molecule has 4 nitrogen and oxygen atoms in total. The molecule has 1 saturated heterocycles. The fourth-order valence-corrected chi connectivity index (χ4v) is 3.51. The summed E-state index contributed by atoms with van der Waals surface area (Å²) < 4.78 is 0. The van der Waals surface area contributed by atoms with Crippen LogP contribution in [0.25, 0.3) is 6.08 Å². The van der Waals surface area contributed by atoms with Crippen LogP contribution in [0, 0.1) is 0 Å². The van der Waals surface area contributed by atoms with Crippen molar-refractivity contribution in [2.75, 3.05) is 43.9 Å². The summed E-state index contributed by atoms with van der Waals surface area (Å²) in [7, 11) is 2.02. The van der Waals surface area contributed by atoms with Crippen LogP contribution in [0.3, 0.4) is 0 Å². The summed E-state index contributed by atoms with van der Waals surface area (Å²) in [6, 6.07) is 8.52. The molecule has 152 valence electrons. The Hall–Kier alpha value is -1.98. The van der Waals surface area contributed by atoms with E-state index < -0.39 is 0 Å². The van der Waals surface area contributed by atoms with Gasteiger partial charge in [-0.15, -0.1) is 0 Å². The van der Waals surface area contributed by atoms with Gasteiger partial charge >= 0.3 is 0 Å². The third kappa shape index (κ3) is 6.88. The van der Waals surface area contributed by atoms with E-state index in [1.54, 1.807) is 0 Å². The van der Waals surface area contributed by atoms with Crippen LogP contribution in [0.1, 0.15) is 31.7 Å². The number of nitrogens with two attached hydrogens (primary N) is 1. The molecule has 1 amide bonds. The summed E-state index contributed by atoms with van der Waals surface area (Å²) in [6.07, 6.45) is 13.1. The van der Waals surface area contributed by atoms with Crippen molar-refractivity contribution in [2.45, 2.75) is 26.2 Å². The number of anilines is 1. The second kappa shape index (κ2) is 12.5. The topological polar surface area (TPSA) is 40.2 Å². The Morgan fingerprint density at radius 2 is 2.00 bits per heavy atom. The predicted octanol–water partition coefficient (Wildman–Crippen LogP) is 3.10. The Labute approximate surface area is 175 Å². The quantitative estimate of drug-likeness (QED) is 0.520. The van der Waals surface area contributed by atoms with Crippen LogP contribution >= 0.6 is 12.6 Å². The molecule has 1 aromatic carbocycles. The molecular weight excluding hydrogens is 366 g/mol. The maximum absolute atomic E-state index is 12.4. The average molecular weight is 401 g/mol. The molecule has 1 aliphatic heterocycles. The van der Waals surface area contributed by atoms with Crippen molar-refractivity contribution >= 4 is 30.3 Å². The molecule has 2 rings (SSSR count). The minimum atomic E-state index is 0.265. The van der Waals surface area contributed by atoms with E-state index >= 15 is 0 Å². The van der Waals surface area contributed by atoms with Gasteiger partial charge in [-0.3, -0.25) is 4.79 Å². The third-order valence-electron chi connectivity index (χ3n) is 4.94. The average Bonchev–Trinajstić information content (AvgIpc) is 2.98. The molecule has 1 aromatic rings. The second-order valence-corrected chi connectivity index (χ2v) is 7.37. The molecule has 0 spiro atoms. The number of thiol groups is 1.